The minimum absolute atomic E-state index is 0.281. The number of rotatable bonds is 6. The molecule has 0 N–H and O–H groups in total. The number of allylic oxidation sites excluding steroid dienone is 1. The summed E-state index contributed by atoms with van der Waals surface area (Å²) in [6.45, 7) is 0.297. The number of ether oxygens (including phenoxy) is 2. The molecule has 0 fully saturated rings. The second kappa shape index (κ2) is 9.15. The van der Waals surface area contributed by atoms with E-state index in [-0.39, 0.29) is 5.82 Å². The zero-order valence-corrected chi connectivity index (χ0v) is 17.0. The van der Waals surface area contributed by atoms with Crippen molar-refractivity contribution in [2.24, 2.45) is 0 Å². The molecule has 0 unspecified atom stereocenters. The fourth-order valence-corrected chi connectivity index (χ4v) is 3.43. The van der Waals surface area contributed by atoms with Crippen LogP contribution in [0.25, 0.3) is 22.4 Å². The highest BCUT2D eigenvalue weighted by Crippen LogP contribution is 2.32. The van der Waals surface area contributed by atoms with Crippen molar-refractivity contribution < 1.29 is 13.9 Å². The smallest absolute Gasteiger partial charge is 0.161 e. The summed E-state index contributed by atoms with van der Waals surface area (Å²) in [5.41, 5.74) is 3.14. The topological polar surface area (TPSA) is 42.2 Å². The van der Waals surface area contributed by atoms with Crippen LogP contribution in [0.3, 0.4) is 0 Å². The molecule has 0 aliphatic rings. The van der Waals surface area contributed by atoms with E-state index in [1.165, 1.54) is 12.1 Å². The average Bonchev–Trinajstić information content (AvgIpc) is 2.82. The third-order valence-electron chi connectivity index (χ3n) is 5.01. The van der Waals surface area contributed by atoms with Gasteiger partial charge >= 0.3 is 0 Å². The Labute approximate surface area is 180 Å². The van der Waals surface area contributed by atoms with Crippen LogP contribution in [0.1, 0.15) is 16.7 Å². The number of halogens is 1. The van der Waals surface area contributed by atoms with E-state index in [1.807, 2.05) is 66.7 Å². The third kappa shape index (κ3) is 4.57. The number of nitriles is 1. The van der Waals surface area contributed by atoms with Crippen molar-refractivity contribution in [2.45, 2.75) is 6.61 Å². The second-order valence-corrected chi connectivity index (χ2v) is 7.02. The number of methoxy groups -OCH3 is 1. The van der Waals surface area contributed by atoms with E-state index in [4.69, 9.17) is 9.47 Å². The molecular formula is C27H20FNO2. The maximum Gasteiger partial charge on any atom is 0.161 e. The highest BCUT2D eigenvalue weighted by molar-refractivity contribution is 6.01. The van der Waals surface area contributed by atoms with Crippen LogP contribution in [0.5, 0.6) is 11.5 Å². The highest BCUT2D eigenvalue weighted by atomic mass is 19.1. The Morgan fingerprint density at radius 1 is 0.935 bits per heavy atom. The summed E-state index contributed by atoms with van der Waals surface area (Å²) < 4.78 is 24.4. The number of benzene rings is 4. The Morgan fingerprint density at radius 2 is 1.71 bits per heavy atom. The first-order chi connectivity index (χ1) is 15.2. The van der Waals surface area contributed by atoms with Crippen molar-refractivity contribution in [3.63, 3.8) is 0 Å². The molecule has 4 aromatic carbocycles. The van der Waals surface area contributed by atoms with Crippen LogP contribution in [-0.2, 0) is 6.61 Å². The molecule has 4 rings (SSSR count). The predicted molar refractivity (Wildman–Crippen MR) is 121 cm³/mol. The van der Waals surface area contributed by atoms with Gasteiger partial charge in [-0.1, -0.05) is 60.7 Å². The van der Waals surface area contributed by atoms with Crippen molar-refractivity contribution in [2.75, 3.05) is 7.11 Å². The predicted octanol–water partition coefficient (Wildman–Crippen LogP) is 6.63. The van der Waals surface area contributed by atoms with E-state index in [0.29, 0.717) is 23.7 Å². The molecule has 152 valence electrons. The molecule has 0 heterocycles. The number of fused-ring (bicyclic) bond motifs is 1. The average molecular weight is 409 g/mol. The Bertz CT molecular complexity index is 1280. The first kappa shape index (κ1) is 20.2. The van der Waals surface area contributed by atoms with Crippen LogP contribution in [0.15, 0.2) is 84.9 Å². The van der Waals surface area contributed by atoms with E-state index < -0.39 is 0 Å². The number of hydrogen-bond acceptors (Lipinski definition) is 3. The number of hydrogen-bond donors (Lipinski definition) is 0. The van der Waals surface area contributed by atoms with Gasteiger partial charge in [-0.3, -0.25) is 0 Å². The van der Waals surface area contributed by atoms with Crippen LogP contribution in [0.4, 0.5) is 4.39 Å². The lowest BCUT2D eigenvalue weighted by Crippen LogP contribution is -1.98. The maximum atomic E-state index is 13.1. The normalized spacial score (nSPS) is 11.2. The van der Waals surface area contributed by atoms with Crippen LogP contribution in [-0.4, -0.2) is 7.11 Å². The summed E-state index contributed by atoms with van der Waals surface area (Å²) in [7, 11) is 1.57. The van der Waals surface area contributed by atoms with Gasteiger partial charge in [0, 0.05) is 5.56 Å². The second-order valence-electron chi connectivity index (χ2n) is 7.02. The largest absolute Gasteiger partial charge is 0.493 e. The van der Waals surface area contributed by atoms with Gasteiger partial charge in [-0.2, -0.15) is 5.26 Å². The van der Waals surface area contributed by atoms with Gasteiger partial charge in [0.15, 0.2) is 11.5 Å². The van der Waals surface area contributed by atoms with E-state index in [2.05, 4.69) is 6.07 Å². The molecule has 0 saturated carbocycles. The van der Waals surface area contributed by atoms with Gasteiger partial charge in [0.2, 0.25) is 0 Å². The van der Waals surface area contributed by atoms with Crippen molar-refractivity contribution >= 4 is 22.4 Å². The SMILES string of the molecule is COc1cc(/C=C(\C#N)c2cccc3ccccc23)ccc1OCc1ccc(F)cc1. The van der Waals surface area contributed by atoms with E-state index in [0.717, 1.165) is 27.5 Å². The molecule has 0 aliphatic carbocycles. The summed E-state index contributed by atoms with van der Waals surface area (Å²) in [5.74, 6) is 0.857. The summed E-state index contributed by atoms with van der Waals surface area (Å²) in [6, 6.07) is 28.0. The van der Waals surface area contributed by atoms with Crippen LogP contribution < -0.4 is 9.47 Å². The van der Waals surface area contributed by atoms with Gasteiger partial charge in [-0.25, -0.2) is 4.39 Å². The van der Waals surface area contributed by atoms with Gasteiger partial charge in [0.1, 0.15) is 12.4 Å². The maximum absolute atomic E-state index is 13.1. The van der Waals surface area contributed by atoms with Gasteiger partial charge in [-0.05, 0) is 52.2 Å². The van der Waals surface area contributed by atoms with Gasteiger partial charge < -0.3 is 9.47 Å². The summed E-state index contributed by atoms with van der Waals surface area (Å²) in [5, 5.41) is 11.9. The molecule has 31 heavy (non-hydrogen) atoms. The Morgan fingerprint density at radius 3 is 2.48 bits per heavy atom. The minimum Gasteiger partial charge on any atom is -0.493 e. The van der Waals surface area contributed by atoms with Gasteiger partial charge in [-0.15, -0.1) is 0 Å². The van der Waals surface area contributed by atoms with Crippen LogP contribution in [0.2, 0.25) is 0 Å². The van der Waals surface area contributed by atoms with E-state index in [9.17, 15) is 9.65 Å². The molecule has 0 bridgehead atoms. The standard InChI is InChI=1S/C27H20FNO2/c1-30-27-16-20(11-14-26(27)31-18-19-9-12-23(28)13-10-19)15-22(17-29)25-8-4-6-21-5-2-3-7-24(21)25/h2-16H,18H2,1H3/b22-15+. The molecule has 3 nitrogen and oxygen atoms in total. The molecule has 0 atom stereocenters. The first-order valence-corrected chi connectivity index (χ1v) is 9.83. The first-order valence-electron chi connectivity index (χ1n) is 9.83. The van der Waals surface area contributed by atoms with E-state index >= 15 is 0 Å². The molecule has 0 amide bonds. The Balaban J connectivity index is 1.62. The van der Waals surface area contributed by atoms with Crippen molar-refractivity contribution in [3.05, 3.63) is 107 Å². The number of nitrogens with zero attached hydrogens (tertiary/aromatic N) is 1. The molecule has 0 saturated heterocycles. The van der Waals surface area contributed by atoms with Gasteiger partial charge in [0.05, 0.1) is 18.8 Å². The molecule has 0 aliphatic heterocycles. The zero-order chi connectivity index (χ0) is 21.6. The summed E-state index contributed by atoms with van der Waals surface area (Å²) >= 11 is 0. The molecular weight excluding hydrogens is 389 g/mol. The highest BCUT2D eigenvalue weighted by Gasteiger charge is 2.09. The summed E-state index contributed by atoms with van der Waals surface area (Å²) in [6.07, 6.45) is 1.84. The molecule has 0 spiro atoms. The van der Waals surface area contributed by atoms with Crippen LogP contribution in [0, 0.1) is 17.1 Å². The molecule has 4 heteroatoms. The van der Waals surface area contributed by atoms with Crippen molar-refractivity contribution in [3.8, 4) is 17.6 Å². The monoisotopic (exact) mass is 409 g/mol. The molecule has 0 radical (unpaired) electrons. The van der Waals surface area contributed by atoms with Crippen molar-refractivity contribution in [1.29, 1.82) is 5.26 Å². The lowest BCUT2D eigenvalue weighted by molar-refractivity contribution is 0.284. The molecule has 0 aromatic heterocycles. The quantitative estimate of drug-likeness (QED) is 0.265. The lowest BCUT2D eigenvalue weighted by Gasteiger charge is -2.12. The minimum atomic E-state index is -0.281. The fourth-order valence-electron chi connectivity index (χ4n) is 3.43. The Kier molecular flexibility index (Phi) is 5.96. The molecule has 4 aromatic rings. The van der Waals surface area contributed by atoms with E-state index in [1.54, 1.807) is 19.2 Å². The Hall–Kier alpha value is -4.10. The fraction of sp³-hybridized carbons (Fsp3) is 0.0741. The lowest BCUT2D eigenvalue weighted by atomic mass is 9.97. The zero-order valence-electron chi connectivity index (χ0n) is 17.0. The van der Waals surface area contributed by atoms with Gasteiger partial charge in [0.25, 0.3) is 0 Å². The van der Waals surface area contributed by atoms with Crippen molar-refractivity contribution in [1.82, 2.24) is 0 Å². The third-order valence-corrected chi connectivity index (χ3v) is 5.01. The summed E-state index contributed by atoms with van der Waals surface area (Å²) in [4.78, 5) is 0. The van der Waals surface area contributed by atoms with Crippen LogP contribution >= 0.6 is 0 Å².